The average Bonchev–Trinajstić information content (AvgIpc) is 2.72. The molecule has 1 aliphatic heterocycles. The van der Waals surface area contributed by atoms with Crippen LogP contribution in [0.25, 0.3) is 0 Å². The highest BCUT2D eigenvalue weighted by atomic mass is 16.6. The van der Waals surface area contributed by atoms with E-state index in [1.54, 1.807) is 6.21 Å². The lowest BCUT2D eigenvalue weighted by Gasteiger charge is -2.48. The van der Waals surface area contributed by atoms with Crippen molar-refractivity contribution in [1.29, 1.82) is 0 Å². The second-order valence-corrected chi connectivity index (χ2v) is 7.11. The topological polar surface area (TPSA) is 63.2 Å². The number of rotatable bonds is 6. The van der Waals surface area contributed by atoms with Gasteiger partial charge < -0.3 is 14.9 Å². The lowest BCUT2D eigenvalue weighted by atomic mass is 9.79. The Hall–Kier alpha value is -1.92. The monoisotopic (exact) mass is 359 g/mol. The maximum atomic E-state index is 12.6. The summed E-state index contributed by atoms with van der Waals surface area (Å²) in [5, 5.41) is 6.92. The molecule has 6 nitrogen and oxygen atoms in total. The summed E-state index contributed by atoms with van der Waals surface area (Å²) in [7, 11) is 1.51. The molecule has 1 aromatic carbocycles. The molecule has 0 spiro atoms. The van der Waals surface area contributed by atoms with Gasteiger partial charge in [-0.25, -0.2) is 0 Å². The summed E-state index contributed by atoms with van der Waals surface area (Å²) >= 11 is 0. The van der Waals surface area contributed by atoms with Crippen LogP contribution >= 0.6 is 0 Å². The predicted molar refractivity (Wildman–Crippen MR) is 102 cm³/mol. The maximum absolute atomic E-state index is 12.6. The first-order valence-corrected chi connectivity index (χ1v) is 9.51. The summed E-state index contributed by atoms with van der Waals surface area (Å²) in [5.41, 5.74) is 1.66. The van der Waals surface area contributed by atoms with Crippen molar-refractivity contribution >= 4 is 12.1 Å². The Morgan fingerprint density at radius 1 is 1.23 bits per heavy atom. The van der Waals surface area contributed by atoms with Crippen molar-refractivity contribution in [1.82, 2.24) is 10.2 Å². The van der Waals surface area contributed by atoms with Crippen LogP contribution in [0.2, 0.25) is 0 Å². The molecule has 1 saturated carbocycles. The van der Waals surface area contributed by atoms with Crippen LogP contribution in [0.1, 0.15) is 48.0 Å². The molecule has 3 rings (SSSR count). The van der Waals surface area contributed by atoms with Gasteiger partial charge in [0.2, 0.25) is 0 Å². The van der Waals surface area contributed by atoms with Gasteiger partial charge in [0.15, 0.2) is 0 Å². The number of oxime groups is 1. The maximum Gasteiger partial charge on any atom is 0.251 e. The minimum atomic E-state index is -0.0153. The lowest BCUT2D eigenvalue weighted by molar-refractivity contribution is -0.0361. The van der Waals surface area contributed by atoms with Crippen molar-refractivity contribution in [3.8, 4) is 0 Å². The molecule has 0 radical (unpaired) electrons. The summed E-state index contributed by atoms with van der Waals surface area (Å²) < 4.78 is 5.52. The molecular weight excluding hydrogens is 330 g/mol. The molecule has 1 saturated heterocycles. The minimum Gasteiger partial charge on any atom is -0.399 e. The van der Waals surface area contributed by atoms with E-state index in [4.69, 9.17) is 4.74 Å². The van der Waals surface area contributed by atoms with Crippen molar-refractivity contribution in [3.63, 3.8) is 0 Å². The molecule has 1 aliphatic carbocycles. The second kappa shape index (κ2) is 9.14. The zero-order chi connectivity index (χ0) is 18.2. The highest BCUT2D eigenvalue weighted by Gasteiger charge is 2.38. The minimum absolute atomic E-state index is 0.0153. The van der Waals surface area contributed by atoms with Gasteiger partial charge in [0, 0.05) is 30.7 Å². The number of nitrogens with one attached hydrogen (secondary N) is 1. The SMILES string of the molecule is CO/N=C/c1ccc(C(=O)NCC2(N3CCOCC3)CCCCC2)cc1. The predicted octanol–water partition coefficient (Wildman–Crippen LogP) is 2.43. The van der Waals surface area contributed by atoms with Gasteiger partial charge in [-0.3, -0.25) is 9.69 Å². The number of amides is 1. The number of hydrogen-bond acceptors (Lipinski definition) is 5. The quantitative estimate of drug-likeness (QED) is 0.626. The van der Waals surface area contributed by atoms with Gasteiger partial charge in [-0.2, -0.15) is 0 Å². The largest absolute Gasteiger partial charge is 0.399 e. The van der Waals surface area contributed by atoms with Crippen molar-refractivity contribution in [2.24, 2.45) is 5.16 Å². The Balaban J connectivity index is 1.62. The van der Waals surface area contributed by atoms with Crippen LogP contribution in [-0.4, -0.2) is 62.5 Å². The molecule has 1 heterocycles. The highest BCUT2D eigenvalue weighted by molar-refractivity contribution is 5.95. The molecule has 2 fully saturated rings. The Labute approximate surface area is 155 Å². The third kappa shape index (κ3) is 4.62. The standard InChI is InChI=1S/C20H29N3O3/c1-25-22-15-17-5-7-18(8-6-17)19(24)21-16-20(9-3-2-4-10-20)23-11-13-26-14-12-23/h5-8,15H,2-4,9-14,16H2,1H3,(H,21,24)/b22-15+. The van der Waals surface area contributed by atoms with Crippen LogP contribution in [0.15, 0.2) is 29.4 Å². The van der Waals surface area contributed by atoms with Crippen LogP contribution in [0, 0.1) is 0 Å². The Kier molecular flexibility index (Phi) is 6.63. The third-order valence-corrected chi connectivity index (χ3v) is 5.52. The molecule has 1 N–H and O–H groups in total. The van der Waals surface area contributed by atoms with Crippen LogP contribution in [0.3, 0.4) is 0 Å². The van der Waals surface area contributed by atoms with E-state index in [0.29, 0.717) is 12.1 Å². The van der Waals surface area contributed by atoms with E-state index in [1.807, 2.05) is 24.3 Å². The Morgan fingerprint density at radius 2 is 1.92 bits per heavy atom. The fourth-order valence-corrected chi connectivity index (χ4v) is 4.03. The smallest absolute Gasteiger partial charge is 0.251 e. The molecule has 142 valence electrons. The summed E-state index contributed by atoms with van der Waals surface area (Å²) in [5.74, 6) is -0.0153. The summed E-state index contributed by atoms with van der Waals surface area (Å²) in [6.45, 7) is 4.21. The van der Waals surface area contributed by atoms with E-state index in [9.17, 15) is 4.79 Å². The van der Waals surface area contributed by atoms with E-state index in [1.165, 1.54) is 26.4 Å². The van der Waals surface area contributed by atoms with Crippen LogP contribution in [0.4, 0.5) is 0 Å². The van der Waals surface area contributed by atoms with Gasteiger partial charge in [-0.15, -0.1) is 0 Å². The van der Waals surface area contributed by atoms with Gasteiger partial charge in [0.05, 0.1) is 19.4 Å². The van der Waals surface area contributed by atoms with Gasteiger partial charge in [-0.1, -0.05) is 36.6 Å². The lowest BCUT2D eigenvalue weighted by Crippen LogP contribution is -2.59. The van der Waals surface area contributed by atoms with E-state index in [0.717, 1.165) is 44.7 Å². The Bertz CT molecular complexity index is 603. The van der Waals surface area contributed by atoms with Gasteiger partial charge >= 0.3 is 0 Å². The first-order valence-electron chi connectivity index (χ1n) is 9.51. The van der Waals surface area contributed by atoms with Crippen LogP contribution in [-0.2, 0) is 9.57 Å². The van der Waals surface area contributed by atoms with Crippen molar-refractivity contribution < 1.29 is 14.4 Å². The number of ether oxygens (including phenoxy) is 1. The number of nitrogens with zero attached hydrogens (tertiary/aromatic N) is 2. The van der Waals surface area contributed by atoms with Gasteiger partial charge in [0.25, 0.3) is 5.91 Å². The number of benzene rings is 1. The molecule has 0 aromatic heterocycles. The number of hydrogen-bond donors (Lipinski definition) is 1. The Morgan fingerprint density at radius 3 is 2.58 bits per heavy atom. The first-order chi connectivity index (χ1) is 12.7. The van der Waals surface area contributed by atoms with Crippen LogP contribution < -0.4 is 5.32 Å². The molecule has 0 atom stereocenters. The van der Waals surface area contributed by atoms with Crippen LogP contribution in [0.5, 0.6) is 0 Å². The summed E-state index contributed by atoms with van der Waals surface area (Å²) in [6.07, 6.45) is 7.70. The van der Waals surface area contributed by atoms with E-state index >= 15 is 0 Å². The highest BCUT2D eigenvalue weighted by Crippen LogP contribution is 2.33. The summed E-state index contributed by atoms with van der Waals surface area (Å²) in [6, 6.07) is 7.40. The molecule has 0 bridgehead atoms. The van der Waals surface area contributed by atoms with Crippen molar-refractivity contribution in [2.45, 2.75) is 37.6 Å². The molecule has 26 heavy (non-hydrogen) atoms. The van der Waals surface area contributed by atoms with E-state index < -0.39 is 0 Å². The summed E-state index contributed by atoms with van der Waals surface area (Å²) in [4.78, 5) is 19.8. The van der Waals surface area contributed by atoms with Gasteiger partial charge in [0.1, 0.15) is 7.11 Å². The zero-order valence-corrected chi connectivity index (χ0v) is 15.6. The van der Waals surface area contributed by atoms with Gasteiger partial charge in [-0.05, 0) is 30.5 Å². The molecule has 0 unspecified atom stereocenters. The first kappa shape index (κ1) is 18.9. The number of morpholine rings is 1. The fraction of sp³-hybridized carbons (Fsp3) is 0.600. The number of carbonyl (C=O) groups is 1. The molecular formula is C20H29N3O3. The van der Waals surface area contributed by atoms with Crippen molar-refractivity contribution in [3.05, 3.63) is 35.4 Å². The molecule has 6 heteroatoms. The van der Waals surface area contributed by atoms with Crippen molar-refractivity contribution in [2.75, 3.05) is 40.0 Å². The molecule has 1 aromatic rings. The number of carbonyl (C=O) groups excluding carboxylic acids is 1. The fourth-order valence-electron chi connectivity index (χ4n) is 4.03. The normalized spacial score (nSPS) is 20.8. The zero-order valence-electron chi connectivity index (χ0n) is 15.6. The average molecular weight is 359 g/mol. The van der Waals surface area contributed by atoms with E-state index in [2.05, 4.69) is 20.2 Å². The third-order valence-electron chi connectivity index (χ3n) is 5.52. The second-order valence-electron chi connectivity index (χ2n) is 7.11. The molecule has 1 amide bonds. The van der Waals surface area contributed by atoms with E-state index in [-0.39, 0.29) is 11.4 Å². The molecule has 2 aliphatic rings.